The van der Waals surface area contributed by atoms with Gasteiger partial charge in [0, 0.05) is 57.2 Å². The van der Waals surface area contributed by atoms with Gasteiger partial charge in [-0.3, -0.25) is 4.79 Å². The normalized spacial score (nSPS) is 14.5. The third-order valence-electron chi connectivity index (χ3n) is 4.27. The van der Waals surface area contributed by atoms with Crippen LogP contribution >= 0.6 is 0 Å². The summed E-state index contributed by atoms with van der Waals surface area (Å²) in [5.41, 5.74) is 2.29. The first kappa shape index (κ1) is 16.2. The van der Waals surface area contributed by atoms with Crippen molar-refractivity contribution in [3.63, 3.8) is 0 Å². The van der Waals surface area contributed by atoms with Crippen molar-refractivity contribution in [1.82, 2.24) is 14.9 Å². The molecule has 1 saturated heterocycles. The smallest absolute Gasteiger partial charge is 0.225 e. The number of hydrogen-bond donors (Lipinski definition) is 1. The second-order valence-corrected chi connectivity index (χ2v) is 5.91. The summed E-state index contributed by atoms with van der Waals surface area (Å²) in [6, 6.07) is 9.93. The Kier molecular flexibility index (Phi) is 5.25. The number of para-hydroxylation sites is 1. The predicted molar refractivity (Wildman–Crippen MR) is 95.1 cm³/mol. The van der Waals surface area contributed by atoms with E-state index in [9.17, 15) is 4.79 Å². The molecule has 2 aromatic rings. The van der Waals surface area contributed by atoms with Gasteiger partial charge in [-0.05, 0) is 24.6 Å². The first-order valence-corrected chi connectivity index (χ1v) is 8.33. The van der Waals surface area contributed by atoms with E-state index < -0.39 is 0 Å². The molecule has 0 radical (unpaired) electrons. The number of aryl methyl sites for hydroxylation is 1. The van der Waals surface area contributed by atoms with Crippen molar-refractivity contribution < 1.29 is 4.79 Å². The standard InChI is InChI=1S/C18H23N5O/c1-15-5-2-3-6-16(15)19-10-7-17(24)22-11-13-23(14-12-22)18-20-8-4-9-21-18/h2-6,8-9,19H,7,10-14H2,1H3. The van der Waals surface area contributed by atoms with Gasteiger partial charge < -0.3 is 15.1 Å². The summed E-state index contributed by atoms with van der Waals surface area (Å²) >= 11 is 0. The Balaban J connectivity index is 1.43. The summed E-state index contributed by atoms with van der Waals surface area (Å²) in [4.78, 5) is 24.9. The second-order valence-electron chi connectivity index (χ2n) is 5.91. The van der Waals surface area contributed by atoms with Crippen LogP contribution in [0.2, 0.25) is 0 Å². The number of amides is 1. The first-order chi connectivity index (χ1) is 11.7. The fraction of sp³-hybridized carbons (Fsp3) is 0.389. The molecule has 0 aliphatic carbocycles. The molecule has 126 valence electrons. The Morgan fingerprint density at radius 3 is 2.50 bits per heavy atom. The average molecular weight is 325 g/mol. The molecule has 1 amide bonds. The van der Waals surface area contributed by atoms with E-state index in [-0.39, 0.29) is 5.91 Å². The van der Waals surface area contributed by atoms with Crippen molar-refractivity contribution in [2.75, 3.05) is 42.9 Å². The van der Waals surface area contributed by atoms with Crippen molar-refractivity contribution >= 4 is 17.5 Å². The number of nitrogens with zero attached hydrogens (tertiary/aromatic N) is 4. The maximum Gasteiger partial charge on any atom is 0.225 e. The van der Waals surface area contributed by atoms with E-state index in [0.717, 1.165) is 37.8 Å². The zero-order chi connectivity index (χ0) is 16.8. The van der Waals surface area contributed by atoms with Gasteiger partial charge in [0.05, 0.1) is 0 Å². The molecule has 24 heavy (non-hydrogen) atoms. The molecule has 1 N–H and O–H groups in total. The summed E-state index contributed by atoms with van der Waals surface area (Å²) in [5, 5.41) is 3.34. The van der Waals surface area contributed by atoms with E-state index in [0.29, 0.717) is 13.0 Å². The lowest BCUT2D eigenvalue weighted by Gasteiger charge is -2.34. The van der Waals surface area contributed by atoms with Crippen LogP contribution in [0.25, 0.3) is 0 Å². The maximum absolute atomic E-state index is 12.4. The molecular formula is C18H23N5O. The third kappa shape index (κ3) is 4.01. The lowest BCUT2D eigenvalue weighted by atomic mass is 10.2. The summed E-state index contributed by atoms with van der Waals surface area (Å²) in [7, 11) is 0. The molecule has 6 heteroatoms. The van der Waals surface area contributed by atoms with Crippen molar-refractivity contribution in [2.24, 2.45) is 0 Å². The van der Waals surface area contributed by atoms with Crippen LogP contribution in [-0.4, -0.2) is 53.5 Å². The molecule has 0 atom stereocenters. The molecule has 3 rings (SSSR count). The molecule has 1 fully saturated rings. The van der Waals surface area contributed by atoms with Crippen LogP contribution in [0, 0.1) is 6.92 Å². The largest absolute Gasteiger partial charge is 0.384 e. The number of benzene rings is 1. The van der Waals surface area contributed by atoms with Gasteiger partial charge in [-0.25, -0.2) is 9.97 Å². The van der Waals surface area contributed by atoms with Gasteiger partial charge in [0.1, 0.15) is 0 Å². The number of aromatic nitrogens is 2. The topological polar surface area (TPSA) is 61.4 Å². The molecule has 1 aliphatic rings. The Morgan fingerprint density at radius 1 is 1.08 bits per heavy atom. The van der Waals surface area contributed by atoms with Crippen molar-refractivity contribution in [2.45, 2.75) is 13.3 Å². The highest BCUT2D eigenvalue weighted by molar-refractivity contribution is 5.77. The molecule has 0 unspecified atom stereocenters. The van der Waals surface area contributed by atoms with Crippen molar-refractivity contribution in [3.8, 4) is 0 Å². The predicted octanol–water partition coefficient (Wildman–Crippen LogP) is 1.94. The van der Waals surface area contributed by atoms with Crippen LogP contribution in [0.3, 0.4) is 0 Å². The van der Waals surface area contributed by atoms with Crippen molar-refractivity contribution in [1.29, 1.82) is 0 Å². The third-order valence-corrected chi connectivity index (χ3v) is 4.27. The molecular weight excluding hydrogens is 302 g/mol. The molecule has 1 aliphatic heterocycles. The zero-order valence-corrected chi connectivity index (χ0v) is 14.0. The SMILES string of the molecule is Cc1ccccc1NCCC(=O)N1CCN(c2ncccn2)CC1. The van der Waals surface area contributed by atoms with E-state index in [1.165, 1.54) is 5.56 Å². The Labute approximate surface area is 142 Å². The van der Waals surface area contributed by atoms with Gasteiger partial charge in [0.15, 0.2) is 0 Å². The fourth-order valence-electron chi connectivity index (χ4n) is 2.84. The van der Waals surface area contributed by atoms with Gasteiger partial charge in [0.25, 0.3) is 0 Å². The highest BCUT2D eigenvalue weighted by Crippen LogP contribution is 2.14. The van der Waals surface area contributed by atoms with Crippen LogP contribution in [0.15, 0.2) is 42.7 Å². The summed E-state index contributed by atoms with van der Waals surface area (Å²) in [5.74, 6) is 0.940. The number of piperazine rings is 1. The average Bonchev–Trinajstić information content (AvgIpc) is 2.64. The van der Waals surface area contributed by atoms with Crippen LogP contribution < -0.4 is 10.2 Å². The van der Waals surface area contributed by atoms with Crippen LogP contribution in [0.4, 0.5) is 11.6 Å². The van der Waals surface area contributed by atoms with E-state index in [1.807, 2.05) is 29.2 Å². The van der Waals surface area contributed by atoms with E-state index in [4.69, 9.17) is 0 Å². The molecule has 2 heterocycles. The van der Waals surface area contributed by atoms with Crippen LogP contribution in [0.5, 0.6) is 0 Å². The summed E-state index contributed by atoms with van der Waals surface area (Å²) in [6.45, 7) is 5.73. The maximum atomic E-state index is 12.4. The van der Waals surface area contributed by atoms with Crippen molar-refractivity contribution in [3.05, 3.63) is 48.3 Å². The van der Waals surface area contributed by atoms with Gasteiger partial charge in [-0.2, -0.15) is 0 Å². The highest BCUT2D eigenvalue weighted by Gasteiger charge is 2.21. The Morgan fingerprint density at radius 2 is 1.79 bits per heavy atom. The molecule has 0 saturated carbocycles. The van der Waals surface area contributed by atoms with E-state index >= 15 is 0 Å². The Hall–Kier alpha value is -2.63. The molecule has 1 aromatic carbocycles. The minimum absolute atomic E-state index is 0.199. The van der Waals surface area contributed by atoms with Crippen LogP contribution in [0.1, 0.15) is 12.0 Å². The number of anilines is 2. The zero-order valence-electron chi connectivity index (χ0n) is 14.0. The first-order valence-electron chi connectivity index (χ1n) is 8.33. The molecule has 0 spiro atoms. The number of rotatable bonds is 5. The fourth-order valence-corrected chi connectivity index (χ4v) is 2.84. The number of hydrogen-bond acceptors (Lipinski definition) is 5. The van der Waals surface area contributed by atoms with E-state index in [1.54, 1.807) is 12.4 Å². The molecule has 1 aromatic heterocycles. The lowest BCUT2D eigenvalue weighted by molar-refractivity contribution is -0.131. The highest BCUT2D eigenvalue weighted by atomic mass is 16.2. The molecule has 0 bridgehead atoms. The number of carbonyl (C=O) groups excluding carboxylic acids is 1. The quantitative estimate of drug-likeness (QED) is 0.910. The minimum Gasteiger partial charge on any atom is -0.384 e. The summed E-state index contributed by atoms with van der Waals surface area (Å²) < 4.78 is 0. The number of nitrogens with one attached hydrogen (secondary N) is 1. The van der Waals surface area contributed by atoms with Gasteiger partial charge in [0.2, 0.25) is 11.9 Å². The lowest BCUT2D eigenvalue weighted by Crippen LogP contribution is -2.49. The Bertz CT molecular complexity index is 668. The monoisotopic (exact) mass is 325 g/mol. The van der Waals surface area contributed by atoms with Gasteiger partial charge in [-0.1, -0.05) is 18.2 Å². The van der Waals surface area contributed by atoms with E-state index in [2.05, 4.69) is 33.2 Å². The minimum atomic E-state index is 0.199. The number of carbonyl (C=O) groups is 1. The van der Waals surface area contributed by atoms with Crippen LogP contribution in [-0.2, 0) is 4.79 Å². The summed E-state index contributed by atoms with van der Waals surface area (Å²) in [6.07, 6.45) is 4.00. The second kappa shape index (κ2) is 7.77. The molecule has 6 nitrogen and oxygen atoms in total. The van der Waals surface area contributed by atoms with Gasteiger partial charge >= 0.3 is 0 Å². The van der Waals surface area contributed by atoms with Gasteiger partial charge in [-0.15, -0.1) is 0 Å².